The Balaban J connectivity index is 2.95. The first-order chi connectivity index (χ1) is 5.74. The molecule has 1 rings (SSSR count). The van der Waals surface area contributed by atoms with Gasteiger partial charge in [0.2, 0.25) is 0 Å². The minimum Gasteiger partial charge on any atom is -0.477 e. The molecule has 1 aromatic heterocycles. The molecule has 0 saturated carbocycles. The third-order valence-electron chi connectivity index (χ3n) is 1.09. The number of nitriles is 1. The van der Waals surface area contributed by atoms with Crippen LogP contribution < -0.4 is 0 Å². The van der Waals surface area contributed by atoms with Crippen molar-refractivity contribution in [1.29, 1.82) is 5.26 Å². The fraction of sp³-hybridized carbons (Fsp3) is 0. The molecule has 0 radical (unpaired) electrons. The van der Waals surface area contributed by atoms with Crippen molar-refractivity contribution in [2.45, 2.75) is 0 Å². The number of carboxylic acids is 1. The normalized spacial score (nSPS) is 10.8. The van der Waals surface area contributed by atoms with Crippen molar-refractivity contribution in [3.05, 3.63) is 22.2 Å². The van der Waals surface area contributed by atoms with Gasteiger partial charge in [-0.3, -0.25) is 4.98 Å². The van der Waals surface area contributed by atoms with E-state index < -0.39 is 5.97 Å². The molecule has 0 fully saturated rings. The highest BCUT2D eigenvalue weighted by Crippen LogP contribution is 2.10. The molecule has 0 amide bonds. The van der Waals surface area contributed by atoms with Crippen LogP contribution in [0.1, 0.15) is 4.88 Å². The standard InChI is InChI=1S/C7H4N2O2S/c8-2-5(7(10)11)1-6-3-9-4-12-6/h1,3-4H,(H,10,11). The number of carboxylic acid groups (broad SMARTS) is 1. The van der Waals surface area contributed by atoms with Crippen molar-refractivity contribution in [3.63, 3.8) is 0 Å². The summed E-state index contributed by atoms with van der Waals surface area (Å²) in [6.07, 6.45) is 2.80. The van der Waals surface area contributed by atoms with Gasteiger partial charge in [0.15, 0.2) is 0 Å². The number of hydrogen-bond acceptors (Lipinski definition) is 4. The number of aromatic nitrogens is 1. The van der Waals surface area contributed by atoms with Gasteiger partial charge in [-0.15, -0.1) is 11.3 Å². The second kappa shape index (κ2) is 3.64. The smallest absolute Gasteiger partial charge is 0.346 e. The van der Waals surface area contributed by atoms with E-state index in [4.69, 9.17) is 10.4 Å². The fourth-order valence-corrected chi connectivity index (χ4v) is 1.13. The van der Waals surface area contributed by atoms with Gasteiger partial charge in [-0.2, -0.15) is 5.26 Å². The van der Waals surface area contributed by atoms with Gasteiger partial charge >= 0.3 is 5.97 Å². The Morgan fingerprint density at radius 1 is 1.83 bits per heavy atom. The SMILES string of the molecule is N#CC(=Cc1cncs1)C(=O)O. The minimum absolute atomic E-state index is 0.278. The van der Waals surface area contributed by atoms with Crippen LogP contribution in [0, 0.1) is 11.3 Å². The molecule has 0 atom stereocenters. The topological polar surface area (TPSA) is 74.0 Å². The highest BCUT2D eigenvalue weighted by Gasteiger charge is 2.05. The van der Waals surface area contributed by atoms with Gasteiger partial charge in [0.25, 0.3) is 0 Å². The second-order valence-electron chi connectivity index (χ2n) is 1.88. The van der Waals surface area contributed by atoms with Crippen molar-refractivity contribution in [2.75, 3.05) is 0 Å². The predicted octanol–water partition coefficient (Wildman–Crippen LogP) is 1.13. The van der Waals surface area contributed by atoms with Gasteiger partial charge in [0.05, 0.1) is 5.51 Å². The van der Waals surface area contributed by atoms with Crippen molar-refractivity contribution in [1.82, 2.24) is 4.98 Å². The summed E-state index contributed by atoms with van der Waals surface area (Å²) in [6.45, 7) is 0. The van der Waals surface area contributed by atoms with Crippen LogP contribution >= 0.6 is 11.3 Å². The summed E-state index contributed by atoms with van der Waals surface area (Å²) in [6, 6.07) is 1.58. The van der Waals surface area contributed by atoms with Crippen LogP contribution in [-0.2, 0) is 4.79 Å². The maximum atomic E-state index is 10.4. The third kappa shape index (κ3) is 1.90. The number of nitrogens with zero attached hydrogens (tertiary/aromatic N) is 2. The first-order valence-electron chi connectivity index (χ1n) is 2.97. The van der Waals surface area contributed by atoms with E-state index in [1.54, 1.807) is 11.6 Å². The zero-order valence-electron chi connectivity index (χ0n) is 5.89. The summed E-state index contributed by atoms with van der Waals surface area (Å²) in [5.41, 5.74) is 1.29. The van der Waals surface area contributed by atoms with Crippen LogP contribution in [0.25, 0.3) is 6.08 Å². The Bertz CT molecular complexity index is 348. The number of aliphatic carboxylic acids is 1. The molecule has 1 N–H and O–H groups in total. The molecule has 0 spiro atoms. The molecular formula is C7H4N2O2S. The summed E-state index contributed by atoms with van der Waals surface area (Å²) in [7, 11) is 0. The van der Waals surface area contributed by atoms with Crippen LogP contribution in [0.4, 0.5) is 0 Å². The number of carbonyl (C=O) groups is 1. The van der Waals surface area contributed by atoms with Crippen molar-refractivity contribution >= 4 is 23.4 Å². The highest BCUT2D eigenvalue weighted by atomic mass is 32.1. The molecule has 0 aromatic carbocycles. The third-order valence-corrected chi connectivity index (χ3v) is 1.81. The van der Waals surface area contributed by atoms with E-state index in [2.05, 4.69) is 4.98 Å². The van der Waals surface area contributed by atoms with Crippen molar-refractivity contribution in [2.24, 2.45) is 0 Å². The lowest BCUT2D eigenvalue weighted by Gasteiger charge is -1.85. The molecule has 0 bridgehead atoms. The first-order valence-corrected chi connectivity index (χ1v) is 3.85. The average molecular weight is 180 g/mol. The molecule has 0 unspecified atom stereocenters. The Kier molecular flexibility index (Phi) is 2.56. The molecule has 0 aliphatic carbocycles. The summed E-state index contributed by atoms with van der Waals surface area (Å²) in [4.78, 5) is 14.8. The minimum atomic E-state index is -1.22. The van der Waals surface area contributed by atoms with E-state index in [0.29, 0.717) is 4.88 Å². The van der Waals surface area contributed by atoms with Gasteiger partial charge in [-0.25, -0.2) is 4.79 Å². The second-order valence-corrected chi connectivity index (χ2v) is 2.80. The Labute approximate surface area is 72.4 Å². The largest absolute Gasteiger partial charge is 0.477 e. The van der Waals surface area contributed by atoms with Gasteiger partial charge < -0.3 is 5.11 Å². The maximum absolute atomic E-state index is 10.4. The Morgan fingerprint density at radius 2 is 2.58 bits per heavy atom. The lowest BCUT2D eigenvalue weighted by Crippen LogP contribution is -1.96. The summed E-state index contributed by atoms with van der Waals surface area (Å²) in [5, 5.41) is 16.8. The molecule has 1 aromatic rings. The molecule has 4 nitrogen and oxygen atoms in total. The monoisotopic (exact) mass is 180 g/mol. The molecular weight excluding hydrogens is 176 g/mol. The van der Waals surface area contributed by atoms with E-state index >= 15 is 0 Å². The molecule has 12 heavy (non-hydrogen) atoms. The van der Waals surface area contributed by atoms with Gasteiger partial charge in [0.1, 0.15) is 11.6 Å². The van der Waals surface area contributed by atoms with Crippen LogP contribution in [0.3, 0.4) is 0 Å². The molecule has 60 valence electrons. The first kappa shape index (κ1) is 8.43. The quantitative estimate of drug-likeness (QED) is 0.547. The van der Waals surface area contributed by atoms with Crippen LogP contribution in [-0.4, -0.2) is 16.1 Å². The zero-order chi connectivity index (χ0) is 8.97. The van der Waals surface area contributed by atoms with Crippen molar-refractivity contribution in [3.8, 4) is 6.07 Å². The lowest BCUT2D eigenvalue weighted by atomic mass is 10.2. The summed E-state index contributed by atoms with van der Waals surface area (Å²) >= 11 is 1.28. The molecule has 0 aliphatic rings. The van der Waals surface area contributed by atoms with Gasteiger partial charge in [-0.05, 0) is 6.08 Å². The fourth-order valence-electron chi connectivity index (χ4n) is 0.581. The summed E-state index contributed by atoms with van der Waals surface area (Å²) < 4.78 is 0. The predicted molar refractivity (Wildman–Crippen MR) is 43.3 cm³/mol. The Hall–Kier alpha value is -1.67. The van der Waals surface area contributed by atoms with Crippen LogP contribution in [0.2, 0.25) is 0 Å². The van der Waals surface area contributed by atoms with Crippen molar-refractivity contribution < 1.29 is 9.90 Å². The highest BCUT2D eigenvalue weighted by molar-refractivity contribution is 7.10. The van der Waals surface area contributed by atoms with E-state index in [0.717, 1.165) is 0 Å². The van der Waals surface area contributed by atoms with Gasteiger partial charge in [-0.1, -0.05) is 0 Å². The van der Waals surface area contributed by atoms with Gasteiger partial charge in [0, 0.05) is 11.1 Å². The van der Waals surface area contributed by atoms with E-state index in [1.807, 2.05) is 0 Å². The number of thiazole rings is 1. The van der Waals surface area contributed by atoms with Crippen LogP contribution in [0.5, 0.6) is 0 Å². The Morgan fingerprint density at radius 3 is 3.00 bits per heavy atom. The van der Waals surface area contributed by atoms with E-state index in [1.165, 1.54) is 23.6 Å². The molecule has 1 heterocycles. The number of hydrogen-bond donors (Lipinski definition) is 1. The lowest BCUT2D eigenvalue weighted by molar-refractivity contribution is -0.132. The van der Waals surface area contributed by atoms with E-state index in [9.17, 15) is 4.79 Å². The molecule has 0 aliphatic heterocycles. The average Bonchev–Trinajstić information content (AvgIpc) is 2.51. The maximum Gasteiger partial charge on any atom is 0.346 e. The van der Waals surface area contributed by atoms with E-state index in [-0.39, 0.29) is 5.57 Å². The molecule has 5 heteroatoms. The number of rotatable bonds is 2. The van der Waals surface area contributed by atoms with Crippen LogP contribution in [0.15, 0.2) is 17.3 Å². The zero-order valence-corrected chi connectivity index (χ0v) is 6.71. The molecule has 0 saturated heterocycles. The summed E-state index contributed by atoms with van der Waals surface area (Å²) in [5.74, 6) is -1.22.